The molecule has 1 N–H and O–H groups in total. The van der Waals surface area contributed by atoms with Gasteiger partial charge in [-0.1, -0.05) is 12.1 Å². The van der Waals surface area contributed by atoms with Gasteiger partial charge in [-0.3, -0.25) is 10.1 Å². The van der Waals surface area contributed by atoms with Crippen LogP contribution in [0.25, 0.3) is 5.69 Å². The summed E-state index contributed by atoms with van der Waals surface area (Å²) in [4.78, 5) is 9.84. The molecule has 100 valence electrons. The molecular formula is C11H11FN4O3. The Labute approximate surface area is 107 Å². The molecule has 0 aliphatic heterocycles. The molecule has 2 aromatic rings. The van der Waals surface area contributed by atoms with E-state index in [1.807, 2.05) is 0 Å². The number of hydrogen-bond acceptors (Lipinski definition) is 5. The van der Waals surface area contributed by atoms with Gasteiger partial charge < -0.3 is 5.11 Å². The number of aliphatic hydroxyl groups is 1. The molecule has 0 aliphatic carbocycles. The van der Waals surface area contributed by atoms with Crippen molar-refractivity contribution in [2.45, 2.75) is 19.4 Å². The number of nitro benzene ring substituents is 1. The molecule has 0 fully saturated rings. The highest BCUT2D eigenvalue weighted by Gasteiger charge is 2.16. The van der Waals surface area contributed by atoms with Crippen LogP contribution < -0.4 is 0 Å². The molecular weight excluding hydrogens is 255 g/mol. The monoisotopic (exact) mass is 266 g/mol. The number of hydrogen-bond donors (Lipinski definition) is 1. The third-order valence-electron chi connectivity index (χ3n) is 2.63. The number of aliphatic hydroxyl groups excluding tert-OH is 1. The number of halogens is 1. The van der Waals surface area contributed by atoms with E-state index in [9.17, 15) is 19.6 Å². The lowest BCUT2D eigenvalue weighted by atomic mass is 10.2. The highest BCUT2D eigenvalue weighted by Crippen LogP contribution is 2.21. The summed E-state index contributed by atoms with van der Waals surface area (Å²) in [5.41, 5.74) is 0.0234. The van der Waals surface area contributed by atoms with Crippen molar-refractivity contribution in [1.82, 2.24) is 15.0 Å². The van der Waals surface area contributed by atoms with E-state index in [1.54, 1.807) is 6.92 Å². The summed E-state index contributed by atoms with van der Waals surface area (Å²) < 4.78 is 14.4. The second-order valence-electron chi connectivity index (χ2n) is 3.90. The highest BCUT2D eigenvalue weighted by molar-refractivity contribution is 5.43. The predicted molar refractivity (Wildman–Crippen MR) is 63.2 cm³/mol. The van der Waals surface area contributed by atoms with Crippen LogP contribution in [0.1, 0.15) is 25.1 Å². The summed E-state index contributed by atoms with van der Waals surface area (Å²) in [6.07, 6.45) is 1.18. The molecule has 8 heteroatoms. The van der Waals surface area contributed by atoms with Crippen LogP contribution in [0, 0.1) is 15.9 Å². The van der Waals surface area contributed by atoms with E-state index >= 15 is 0 Å². The van der Waals surface area contributed by atoms with Gasteiger partial charge in [0, 0.05) is 6.07 Å². The molecule has 0 bridgehead atoms. The van der Waals surface area contributed by atoms with Crippen molar-refractivity contribution in [1.29, 1.82) is 0 Å². The van der Waals surface area contributed by atoms with E-state index in [0.29, 0.717) is 17.8 Å². The summed E-state index contributed by atoms with van der Waals surface area (Å²) in [7, 11) is 0. The van der Waals surface area contributed by atoms with Crippen molar-refractivity contribution in [3.05, 3.63) is 46.0 Å². The van der Waals surface area contributed by atoms with Crippen molar-refractivity contribution in [2.75, 3.05) is 0 Å². The normalized spacial score (nSPS) is 12.4. The molecule has 0 saturated carbocycles. The lowest BCUT2D eigenvalue weighted by molar-refractivity contribution is -0.387. The van der Waals surface area contributed by atoms with Gasteiger partial charge in [0.2, 0.25) is 5.82 Å². The van der Waals surface area contributed by atoms with E-state index in [1.165, 1.54) is 16.9 Å². The van der Waals surface area contributed by atoms with Crippen molar-refractivity contribution in [3.8, 4) is 5.69 Å². The quantitative estimate of drug-likeness (QED) is 0.672. The number of rotatable bonds is 4. The third-order valence-corrected chi connectivity index (χ3v) is 2.63. The predicted octanol–water partition coefficient (Wildman–Crippen LogP) is 1.76. The first-order chi connectivity index (χ1) is 9.02. The third kappa shape index (κ3) is 2.58. The maximum atomic E-state index is 13.2. The molecule has 2 rings (SSSR count). The van der Waals surface area contributed by atoms with Crippen LogP contribution in [0.5, 0.6) is 0 Å². The van der Waals surface area contributed by atoms with Crippen LogP contribution in [-0.2, 0) is 0 Å². The van der Waals surface area contributed by atoms with Gasteiger partial charge in [-0.15, -0.1) is 5.10 Å². The zero-order valence-electron chi connectivity index (χ0n) is 10.0. The van der Waals surface area contributed by atoms with Crippen molar-refractivity contribution >= 4 is 5.69 Å². The second-order valence-corrected chi connectivity index (χ2v) is 3.90. The fraction of sp³-hybridized carbons (Fsp3) is 0.273. The largest absolute Gasteiger partial charge is 0.387 e. The summed E-state index contributed by atoms with van der Waals surface area (Å²) in [6, 6.07) is 3.40. The SMILES string of the molecule is CCC(O)c1cn(-c2ccc(F)c([N+](=O)[O-])c2)nn1. The molecule has 0 aliphatic rings. The topological polar surface area (TPSA) is 94.1 Å². The molecule has 1 aromatic heterocycles. The van der Waals surface area contributed by atoms with E-state index in [2.05, 4.69) is 10.3 Å². The Bertz CT molecular complexity index is 614. The van der Waals surface area contributed by atoms with Gasteiger partial charge in [0.15, 0.2) is 0 Å². The summed E-state index contributed by atoms with van der Waals surface area (Å²) >= 11 is 0. The smallest absolute Gasteiger partial charge is 0.306 e. The number of nitro groups is 1. The Morgan fingerprint density at radius 2 is 2.32 bits per heavy atom. The molecule has 0 spiro atoms. The number of benzene rings is 1. The van der Waals surface area contributed by atoms with Gasteiger partial charge in [0.1, 0.15) is 5.69 Å². The first-order valence-corrected chi connectivity index (χ1v) is 5.57. The lowest BCUT2D eigenvalue weighted by Crippen LogP contribution is -1.99. The van der Waals surface area contributed by atoms with Gasteiger partial charge in [0.25, 0.3) is 0 Å². The highest BCUT2D eigenvalue weighted by atomic mass is 19.1. The Balaban J connectivity index is 2.39. The molecule has 1 unspecified atom stereocenters. The van der Waals surface area contributed by atoms with Crippen molar-refractivity contribution in [3.63, 3.8) is 0 Å². The fourth-order valence-corrected chi connectivity index (χ4v) is 1.55. The molecule has 19 heavy (non-hydrogen) atoms. The minimum atomic E-state index is -0.914. The van der Waals surface area contributed by atoms with Crippen LogP contribution in [0.3, 0.4) is 0 Å². The second kappa shape index (κ2) is 5.11. The maximum Gasteiger partial charge on any atom is 0.306 e. The van der Waals surface area contributed by atoms with Gasteiger partial charge in [-0.25, -0.2) is 4.68 Å². The maximum absolute atomic E-state index is 13.2. The fourth-order valence-electron chi connectivity index (χ4n) is 1.55. The summed E-state index contributed by atoms with van der Waals surface area (Å²) in [5, 5.41) is 27.7. The minimum absolute atomic E-state index is 0.301. The van der Waals surface area contributed by atoms with Gasteiger partial charge in [-0.05, 0) is 18.6 Å². The van der Waals surface area contributed by atoms with Crippen molar-refractivity contribution in [2.24, 2.45) is 0 Å². The molecule has 0 amide bonds. The zero-order valence-corrected chi connectivity index (χ0v) is 10.0. The van der Waals surface area contributed by atoms with E-state index in [0.717, 1.165) is 12.1 Å². The molecule has 0 saturated heterocycles. The lowest BCUT2D eigenvalue weighted by Gasteiger charge is -2.02. The average Bonchev–Trinajstić information content (AvgIpc) is 2.87. The average molecular weight is 266 g/mol. The zero-order chi connectivity index (χ0) is 14.0. The minimum Gasteiger partial charge on any atom is -0.387 e. The summed E-state index contributed by atoms with van der Waals surface area (Å²) in [5.74, 6) is -0.914. The Kier molecular flexibility index (Phi) is 3.52. The van der Waals surface area contributed by atoms with E-state index < -0.39 is 22.5 Å². The van der Waals surface area contributed by atoms with Crippen LogP contribution in [-0.4, -0.2) is 25.0 Å². The first kappa shape index (κ1) is 13.1. The number of aromatic nitrogens is 3. The Morgan fingerprint density at radius 3 is 2.95 bits per heavy atom. The molecule has 1 aromatic carbocycles. The number of nitrogens with zero attached hydrogens (tertiary/aromatic N) is 4. The van der Waals surface area contributed by atoms with Gasteiger partial charge >= 0.3 is 5.69 Å². The van der Waals surface area contributed by atoms with Crippen molar-refractivity contribution < 1.29 is 14.4 Å². The Morgan fingerprint density at radius 1 is 1.58 bits per heavy atom. The van der Waals surface area contributed by atoms with Gasteiger partial charge in [0.05, 0.1) is 22.9 Å². The van der Waals surface area contributed by atoms with Gasteiger partial charge in [-0.2, -0.15) is 4.39 Å². The van der Waals surface area contributed by atoms with E-state index in [-0.39, 0.29) is 0 Å². The first-order valence-electron chi connectivity index (χ1n) is 5.57. The van der Waals surface area contributed by atoms with Crippen LogP contribution in [0.2, 0.25) is 0 Å². The molecule has 1 heterocycles. The molecule has 1 atom stereocenters. The van der Waals surface area contributed by atoms with E-state index in [4.69, 9.17) is 0 Å². The Hall–Kier alpha value is -2.35. The molecule has 7 nitrogen and oxygen atoms in total. The summed E-state index contributed by atoms with van der Waals surface area (Å²) in [6.45, 7) is 1.78. The standard InChI is InChI=1S/C11H11FN4O3/c1-2-11(17)9-6-15(14-13-9)7-3-4-8(12)10(5-7)16(18)19/h3-6,11,17H,2H2,1H3. The van der Waals surface area contributed by atoms with Crippen LogP contribution in [0.15, 0.2) is 24.4 Å². The van der Waals surface area contributed by atoms with Crippen LogP contribution in [0.4, 0.5) is 10.1 Å². The van der Waals surface area contributed by atoms with Crippen LogP contribution >= 0.6 is 0 Å². The molecule has 0 radical (unpaired) electrons.